The van der Waals surface area contributed by atoms with Gasteiger partial charge < -0.3 is 20.8 Å². The molecule has 168 valence electrons. The Labute approximate surface area is 189 Å². The number of hydrogen-bond acceptors (Lipinski definition) is 7. The van der Waals surface area contributed by atoms with Crippen LogP contribution in [0.3, 0.4) is 0 Å². The van der Waals surface area contributed by atoms with Gasteiger partial charge in [0, 0.05) is 29.3 Å². The number of nitrogens with one attached hydrogen (secondary N) is 2. The minimum atomic E-state index is -0.686. The van der Waals surface area contributed by atoms with E-state index >= 15 is 0 Å². The highest BCUT2D eigenvalue weighted by molar-refractivity contribution is 6.00. The maximum atomic E-state index is 12.5. The van der Waals surface area contributed by atoms with E-state index in [1.165, 1.54) is 24.5 Å². The molecule has 0 aliphatic heterocycles. The second-order valence-corrected chi connectivity index (χ2v) is 8.45. The van der Waals surface area contributed by atoms with E-state index < -0.39 is 10.3 Å². The summed E-state index contributed by atoms with van der Waals surface area (Å²) in [5.41, 5.74) is 7.76. The van der Waals surface area contributed by atoms with Crippen LogP contribution in [0.2, 0.25) is 0 Å². The molecule has 0 bridgehead atoms. The molecule has 4 N–H and O–H groups in total. The van der Waals surface area contributed by atoms with Crippen molar-refractivity contribution in [1.82, 2.24) is 15.0 Å². The SMILES string of the molecule is CC(C)(C)C(=O)Nc1cc([N+](=O)[O-])ccc1Oc1ccc(-c2c[nH]c3ncnc(N)c23)cc1. The van der Waals surface area contributed by atoms with Gasteiger partial charge in [-0.3, -0.25) is 14.9 Å². The van der Waals surface area contributed by atoms with Gasteiger partial charge in [0.05, 0.1) is 16.0 Å². The average molecular weight is 446 g/mol. The van der Waals surface area contributed by atoms with Crippen LogP contribution in [-0.2, 0) is 4.79 Å². The number of nitro benzene ring substituents is 1. The van der Waals surface area contributed by atoms with Gasteiger partial charge in [-0.25, -0.2) is 9.97 Å². The molecule has 0 spiro atoms. The summed E-state index contributed by atoms with van der Waals surface area (Å²) >= 11 is 0. The number of anilines is 2. The van der Waals surface area contributed by atoms with Crippen molar-refractivity contribution in [3.8, 4) is 22.6 Å². The van der Waals surface area contributed by atoms with Crippen molar-refractivity contribution < 1.29 is 14.5 Å². The lowest BCUT2D eigenvalue weighted by Crippen LogP contribution is -2.27. The summed E-state index contributed by atoms with van der Waals surface area (Å²) in [5.74, 6) is 0.864. The van der Waals surface area contributed by atoms with E-state index in [-0.39, 0.29) is 23.0 Å². The zero-order chi connectivity index (χ0) is 23.8. The van der Waals surface area contributed by atoms with Crippen LogP contribution in [-0.4, -0.2) is 25.8 Å². The maximum absolute atomic E-state index is 12.5. The monoisotopic (exact) mass is 446 g/mol. The summed E-state index contributed by atoms with van der Waals surface area (Å²) in [6, 6.07) is 11.3. The van der Waals surface area contributed by atoms with E-state index in [9.17, 15) is 14.9 Å². The number of benzene rings is 2. The first kappa shape index (κ1) is 21.8. The van der Waals surface area contributed by atoms with Crippen LogP contribution in [0.1, 0.15) is 20.8 Å². The minimum absolute atomic E-state index is 0.152. The van der Waals surface area contributed by atoms with Crippen molar-refractivity contribution in [2.75, 3.05) is 11.1 Å². The van der Waals surface area contributed by atoms with Crippen LogP contribution in [0.25, 0.3) is 22.2 Å². The highest BCUT2D eigenvalue weighted by atomic mass is 16.6. The number of carbonyl (C=O) groups excluding carboxylic acids is 1. The Morgan fingerprint density at radius 1 is 1.15 bits per heavy atom. The van der Waals surface area contributed by atoms with Crippen molar-refractivity contribution in [2.24, 2.45) is 5.41 Å². The van der Waals surface area contributed by atoms with Crippen molar-refractivity contribution in [2.45, 2.75) is 20.8 Å². The average Bonchev–Trinajstić information content (AvgIpc) is 3.20. The number of amides is 1. The number of non-ortho nitro benzene ring substituents is 1. The van der Waals surface area contributed by atoms with E-state index in [2.05, 4.69) is 20.3 Å². The number of H-pyrrole nitrogens is 1. The molecule has 2 aromatic heterocycles. The van der Waals surface area contributed by atoms with E-state index in [4.69, 9.17) is 10.5 Å². The third kappa shape index (κ3) is 4.45. The van der Waals surface area contributed by atoms with Gasteiger partial charge in [-0.1, -0.05) is 32.9 Å². The fraction of sp³-hybridized carbons (Fsp3) is 0.174. The van der Waals surface area contributed by atoms with E-state index in [1.54, 1.807) is 32.9 Å². The second-order valence-electron chi connectivity index (χ2n) is 8.45. The summed E-state index contributed by atoms with van der Waals surface area (Å²) in [7, 11) is 0. The third-order valence-electron chi connectivity index (χ3n) is 5.00. The fourth-order valence-corrected chi connectivity index (χ4v) is 3.17. The molecule has 0 aliphatic carbocycles. The standard InChI is InChI=1S/C23H22N6O4/c1-23(2,3)22(30)28-17-10-14(29(31)32)6-9-18(17)33-15-7-4-13(5-8-15)16-11-25-21-19(16)20(24)26-12-27-21/h4-12H,1-3H3,(H,28,30)(H3,24,25,26,27). The molecule has 0 saturated carbocycles. The number of nitrogens with zero attached hydrogens (tertiary/aromatic N) is 3. The maximum Gasteiger partial charge on any atom is 0.271 e. The molecule has 4 aromatic rings. The molecule has 33 heavy (non-hydrogen) atoms. The molecular weight excluding hydrogens is 424 g/mol. The van der Waals surface area contributed by atoms with Crippen molar-refractivity contribution in [1.29, 1.82) is 0 Å². The predicted octanol–water partition coefficient (Wildman–Crippen LogP) is 4.89. The van der Waals surface area contributed by atoms with Crippen molar-refractivity contribution in [3.05, 3.63) is 65.1 Å². The summed E-state index contributed by atoms with van der Waals surface area (Å²) in [4.78, 5) is 34.5. The smallest absolute Gasteiger partial charge is 0.271 e. The Balaban J connectivity index is 1.63. The van der Waals surface area contributed by atoms with Gasteiger partial charge in [-0.05, 0) is 23.8 Å². The van der Waals surface area contributed by atoms with Crippen LogP contribution in [0.15, 0.2) is 55.0 Å². The minimum Gasteiger partial charge on any atom is -0.455 e. The number of ether oxygens (including phenoxy) is 1. The summed E-state index contributed by atoms with van der Waals surface area (Å²) < 4.78 is 5.95. The first-order valence-corrected chi connectivity index (χ1v) is 10.1. The first-order chi connectivity index (χ1) is 15.6. The highest BCUT2D eigenvalue weighted by Gasteiger charge is 2.24. The molecule has 0 saturated heterocycles. The van der Waals surface area contributed by atoms with Gasteiger partial charge >= 0.3 is 0 Å². The lowest BCUT2D eigenvalue weighted by Gasteiger charge is -2.19. The number of rotatable bonds is 5. The Kier molecular flexibility index (Phi) is 5.42. The van der Waals surface area contributed by atoms with Crippen LogP contribution in [0.5, 0.6) is 11.5 Å². The lowest BCUT2D eigenvalue weighted by atomic mass is 9.95. The summed E-state index contributed by atoms with van der Waals surface area (Å²) in [5, 5.41) is 14.7. The summed E-state index contributed by atoms with van der Waals surface area (Å²) in [6.07, 6.45) is 3.21. The molecule has 0 unspecified atom stereocenters. The number of nitrogens with two attached hydrogens (primary N) is 1. The Bertz CT molecular complexity index is 1360. The second kappa shape index (κ2) is 8.23. The van der Waals surface area contributed by atoms with Gasteiger partial charge in [0.25, 0.3) is 5.69 Å². The number of carbonyl (C=O) groups is 1. The van der Waals surface area contributed by atoms with Crippen molar-refractivity contribution >= 4 is 34.1 Å². The molecule has 10 heteroatoms. The molecule has 2 aromatic carbocycles. The van der Waals surface area contributed by atoms with Crippen LogP contribution >= 0.6 is 0 Å². The quantitative estimate of drug-likeness (QED) is 0.292. The van der Waals surface area contributed by atoms with Gasteiger partial charge in [-0.2, -0.15) is 0 Å². The molecule has 4 rings (SSSR count). The Morgan fingerprint density at radius 3 is 2.55 bits per heavy atom. The fourth-order valence-electron chi connectivity index (χ4n) is 3.17. The molecule has 0 radical (unpaired) electrons. The molecule has 0 fully saturated rings. The number of fused-ring (bicyclic) bond motifs is 1. The van der Waals surface area contributed by atoms with E-state index in [0.29, 0.717) is 17.2 Å². The number of aromatic nitrogens is 3. The number of nitrogen functional groups attached to an aromatic ring is 1. The number of aromatic amines is 1. The van der Waals surface area contributed by atoms with E-state index in [1.807, 2.05) is 18.3 Å². The van der Waals surface area contributed by atoms with Crippen LogP contribution in [0, 0.1) is 15.5 Å². The molecule has 10 nitrogen and oxygen atoms in total. The molecule has 2 heterocycles. The largest absolute Gasteiger partial charge is 0.455 e. The number of nitro groups is 1. The third-order valence-corrected chi connectivity index (χ3v) is 5.00. The van der Waals surface area contributed by atoms with Gasteiger partial charge in [0.15, 0.2) is 5.75 Å². The first-order valence-electron chi connectivity index (χ1n) is 10.1. The van der Waals surface area contributed by atoms with Crippen LogP contribution in [0.4, 0.5) is 17.2 Å². The Morgan fingerprint density at radius 2 is 1.88 bits per heavy atom. The van der Waals surface area contributed by atoms with Gasteiger partial charge in [0.2, 0.25) is 5.91 Å². The Hall–Kier alpha value is -4.47. The zero-order valence-electron chi connectivity index (χ0n) is 18.2. The summed E-state index contributed by atoms with van der Waals surface area (Å²) in [6.45, 7) is 5.25. The topological polar surface area (TPSA) is 149 Å². The lowest BCUT2D eigenvalue weighted by molar-refractivity contribution is -0.384. The van der Waals surface area contributed by atoms with E-state index in [0.717, 1.165) is 16.5 Å². The van der Waals surface area contributed by atoms with Crippen LogP contribution < -0.4 is 15.8 Å². The predicted molar refractivity (Wildman–Crippen MR) is 125 cm³/mol. The van der Waals surface area contributed by atoms with Gasteiger partial charge in [0.1, 0.15) is 23.5 Å². The zero-order valence-corrected chi connectivity index (χ0v) is 18.2. The van der Waals surface area contributed by atoms with Crippen molar-refractivity contribution in [3.63, 3.8) is 0 Å². The van der Waals surface area contributed by atoms with Gasteiger partial charge in [-0.15, -0.1) is 0 Å². The molecule has 0 aliphatic rings. The molecule has 1 amide bonds. The number of hydrogen-bond donors (Lipinski definition) is 3. The molecule has 0 atom stereocenters. The normalized spacial score (nSPS) is 11.4. The molecular formula is C23H22N6O4. The highest BCUT2D eigenvalue weighted by Crippen LogP contribution is 2.36.